The van der Waals surface area contributed by atoms with Crippen molar-refractivity contribution in [2.45, 2.75) is 27.7 Å². The van der Waals surface area contributed by atoms with Crippen molar-refractivity contribution in [1.82, 2.24) is 9.78 Å². The topological polar surface area (TPSA) is 79.2 Å². The lowest BCUT2D eigenvalue weighted by atomic mass is 10.1. The summed E-state index contributed by atoms with van der Waals surface area (Å²) < 4.78 is 1.44. The molecule has 27 heavy (non-hydrogen) atoms. The number of aryl methyl sites for hydroxylation is 3. The molecular weight excluding hydrogens is 340 g/mol. The summed E-state index contributed by atoms with van der Waals surface area (Å²) in [5, 5.41) is 5.77. The molecule has 2 amide bonds. The van der Waals surface area contributed by atoms with Gasteiger partial charge in [-0.1, -0.05) is 29.8 Å². The highest BCUT2D eigenvalue weighted by atomic mass is 16.2. The first kappa shape index (κ1) is 18.4. The van der Waals surface area contributed by atoms with Crippen molar-refractivity contribution in [3.63, 3.8) is 0 Å². The fraction of sp³-hybridized carbons (Fsp3) is 0.190. The van der Waals surface area contributed by atoms with Gasteiger partial charge in [-0.25, -0.2) is 14.5 Å². The lowest BCUT2D eigenvalue weighted by molar-refractivity contribution is 0.259. The van der Waals surface area contributed by atoms with Crippen LogP contribution in [0.1, 0.15) is 27.9 Å². The number of aliphatic imine (C=N–C) groups is 1. The number of aromatic nitrogens is 2. The van der Waals surface area contributed by atoms with Gasteiger partial charge in [0.25, 0.3) is 5.56 Å². The molecular formula is C21H22N4O2. The van der Waals surface area contributed by atoms with E-state index in [1.54, 1.807) is 6.92 Å². The Morgan fingerprint density at radius 3 is 2.48 bits per heavy atom. The third kappa shape index (κ3) is 3.89. The fourth-order valence-electron chi connectivity index (χ4n) is 2.74. The van der Waals surface area contributed by atoms with Crippen LogP contribution in [-0.4, -0.2) is 22.0 Å². The second-order valence-corrected chi connectivity index (χ2v) is 6.56. The average molecular weight is 362 g/mol. The Kier molecular flexibility index (Phi) is 5.07. The summed E-state index contributed by atoms with van der Waals surface area (Å²) in [6.07, 6.45) is 1.30. The quantitative estimate of drug-likeness (QED) is 0.689. The normalized spacial score (nSPS) is 11.1. The van der Waals surface area contributed by atoms with E-state index >= 15 is 0 Å². The molecule has 3 aromatic rings. The van der Waals surface area contributed by atoms with Crippen molar-refractivity contribution in [3.05, 3.63) is 80.8 Å². The molecule has 2 aromatic carbocycles. The lowest BCUT2D eigenvalue weighted by Crippen LogP contribution is -2.17. The number of nitrogens with one attached hydrogen (secondary N) is 2. The van der Waals surface area contributed by atoms with Crippen LogP contribution >= 0.6 is 0 Å². The van der Waals surface area contributed by atoms with Gasteiger partial charge in [-0.2, -0.15) is 0 Å². The van der Waals surface area contributed by atoms with Gasteiger partial charge in [-0.3, -0.25) is 9.89 Å². The molecule has 3 rings (SSSR count). The van der Waals surface area contributed by atoms with E-state index in [0.717, 1.165) is 22.4 Å². The number of benzene rings is 2. The van der Waals surface area contributed by atoms with Gasteiger partial charge in [0.2, 0.25) is 0 Å². The van der Waals surface area contributed by atoms with Crippen molar-refractivity contribution in [1.29, 1.82) is 0 Å². The monoisotopic (exact) mass is 362 g/mol. The maximum Gasteiger partial charge on any atom is 0.345 e. The molecule has 0 radical (unpaired) electrons. The number of carbonyl (C=O) groups excluding carboxylic acids is 1. The molecule has 1 heterocycles. The van der Waals surface area contributed by atoms with Crippen LogP contribution in [0.2, 0.25) is 0 Å². The van der Waals surface area contributed by atoms with Gasteiger partial charge in [0, 0.05) is 17.6 Å². The molecule has 0 atom stereocenters. The van der Waals surface area contributed by atoms with E-state index in [1.807, 2.05) is 63.2 Å². The molecule has 0 aliphatic carbocycles. The largest absolute Gasteiger partial charge is 0.345 e. The first-order valence-electron chi connectivity index (χ1n) is 8.66. The number of urea groups is 1. The maximum atomic E-state index is 12.7. The Balaban J connectivity index is 1.83. The van der Waals surface area contributed by atoms with E-state index < -0.39 is 6.03 Å². The van der Waals surface area contributed by atoms with Crippen molar-refractivity contribution in [2.75, 3.05) is 5.32 Å². The van der Waals surface area contributed by atoms with E-state index in [0.29, 0.717) is 16.9 Å². The Hall–Kier alpha value is -3.41. The SMILES string of the molecule is Cc1ccc(-n2[nH]c(C)c(C=NC(=O)Nc3cccc(C)c3C)c2=O)cc1. The number of anilines is 1. The van der Waals surface area contributed by atoms with E-state index in [4.69, 9.17) is 0 Å². The van der Waals surface area contributed by atoms with Crippen LogP contribution in [-0.2, 0) is 0 Å². The van der Waals surface area contributed by atoms with Crippen molar-refractivity contribution in [3.8, 4) is 5.69 Å². The van der Waals surface area contributed by atoms with Gasteiger partial charge in [-0.05, 0) is 57.0 Å². The maximum absolute atomic E-state index is 12.7. The van der Waals surface area contributed by atoms with Gasteiger partial charge in [0.15, 0.2) is 0 Å². The number of amides is 2. The summed E-state index contributed by atoms with van der Waals surface area (Å²) in [4.78, 5) is 28.7. The molecule has 0 bridgehead atoms. The summed E-state index contributed by atoms with van der Waals surface area (Å²) >= 11 is 0. The summed E-state index contributed by atoms with van der Waals surface area (Å²) in [6, 6.07) is 12.7. The van der Waals surface area contributed by atoms with Crippen molar-refractivity contribution < 1.29 is 4.79 Å². The number of hydrogen-bond acceptors (Lipinski definition) is 2. The number of rotatable bonds is 3. The van der Waals surface area contributed by atoms with Crippen LogP contribution in [0.3, 0.4) is 0 Å². The highest BCUT2D eigenvalue weighted by molar-refractivity contribution is 5.98. The van der Waals surface area contributed by atoms with Gasteiger partial charge in [0.05, 0.1) is 11.3 Å². The minimum atomic E-state index is -0.523. The summed E-state index contributed by atoms with van der Waals surface area (Å²) in [6.45, 7) is 7.67. The lowest BCUT2D eigenvalue weighted by Gasteiger charge is -2.07. The molecule has 0 saturated carbocycles. The van der Waals surface area contributed by atoms with Crippen molar-refractivity contribution in [2.24, 2.45) is 4.99 Å². The van der Waals surface area contributed by atoms with Crippen LogP contribution in [0.5, 0.6) is 0 Å². The average Bonchev–Trinajstić information content (AvgIpc) is 2.92. The van der Waals surface area contributed by atoms with Crippen LogP contribution in [0.15, 0.2) is 52.3 Å². The van der Waals surface area contributed by atoms with E-state index in [-0.39, 0.29) is 5.56 Å². The van der Waals surface area contributed by atoms with Gasteiger partial charge in [0.1, 0.15) is 0 Å². The number of aromatic amines is 1. The third-order valence-corrected chi connectivity index (χ3v) is 4.57. The molecule has 6 heteroatoms. The standard InChI is InChI=1S/C21H22N4O2/c1-13-8-10-17(11-9-13)25-20(26)18(16(4)24-25)12-22-21(27)23-19-7-5-6-14(2)15(19)3/h5-12,24H,1-4H3,(H,23,27). The summed E-state index contributed by atoms with van der Waals surface area (Å²) in [5.74, 6) is 0. The molecule has 0 spiro atoms. The Morgan fingerprint density at radius 2 is 1.78 bits per heavy atom. The molecule has 6 nitrogen and oxygen atoms in total. The number of nitrogens with zero attached hydrogens (tertiary/aromatic N) is 2. The zero-order valence-electron chi connectivity index (χ0n) is 15.8. The molecule has 0 unspecified atom stereocenters. The molecule has 138 valence electrons. The number of carbonyl (C=O) groups is 1. The zero-order chi connectivity index (χ0) is 19.6. The molecule has 1 aromatic heterocycles. The van der Waals surface area contributed by atoms with Gasteiger partial charge in [-0.15, -0.1) is 0 Å². The van der Waals surface area contributed by atoms with E-state index in [2.05, 4.69) is 15.4 Å². The van der Waals surface area contributed by atoms with Crippen LogP contribution in [0.4, 0.5) is 10.5 Å². The Bertz CT molecular complexity index is 1070. The smallest absolute Gasteiger partial charge is 0.306 e. The second-order valence-electron chi connectivity index (χ2n) is 6.56. The predicted octanol–water partition coefficient (Wildman–Crippen LogP) is 4.05. The van der Waals surface area contributed by atoms with Gasteiger partial charge < -0.3 is 5.32 Å². The van der Waals surface area contributed by atoms with Crippen LogP contribution < -0.4 is 10.9 Å². The van der Waals surface area contributed by atoms with Gasteiger partial charge >= 0.3 is 6.03 Å². The number of hydrogen-bond donors (Lipinski definition) is 2. The molecule has 0 fully saturated rings. The molecule has 0 saturated heterocycles. The third-order valence-electron chi connectivity index (χ3n) is 4.57. The van der Waals surface area contributed by atoms with Crippen molar-refractivity contribution >= 4 is 17.9 Å². The molecule has 2 N–H and O–H groups in total. The van der Waals surface area contributed by atoms with E-state index in [9.17, 15) is 9.59 Å². The number of H-pyrrole nitrogens is 1. The van der Waals surface area contributed by atoms with E-state index in [1.165, 1.54) is 10.9 Å². The first-order valence-corrected chi connectivity index (χ1v) is 8.66. The summed E-state index contributed by atoms with van der Waals surface area (Å²) in [5.41, 5.74) is 5.36. The summed E-state index contributed by atoms with van der Waals surface area (Å²) in [7, 11) is 0. The fourth-order valence-corrected chi connectivity index (χ4v) is 2.74. The van der Waals surface area contributed by atoms with Crippen LogP contribution in [0.25, 0.3) is 5.69 Å². The molecule has 0 aliphatic heterocycles. The first-order chi connectivity index (χ1) is 12.9. The minimum Gasteiger partial charge on any atom is -0.306 e. The van der Waals surface area contributed by atoms with Crippen LogP contribution in [0, 0.1) is 27.7 Å². The highest BCUT2D eigenvalue weighted by Gasteiger charge is 2.11. The minimum absolute atomic E-state index is 0.250. The second kappa shape index (κ2) is 7.45. The zero-order valence-corrected chi connectivity index (χ0v) is 15.8. The molecule has 0 aliphatic rings. The Morgan fingerprint density at radius 1 is 1.07 bits per heavy atom. The highest BCUT2D eigenvalue weighted by Crippen LogP contribution is 2.18. The predicted molar refractivity (Wildman–Crippen MR) is 108 cm³/mol. The Labute approximate surface area is 157 Å².